The van der Waals surface area contributed by atoms with Crippen LogP contribution >= 0.6 is 0 Å². The first-order valence-corrected chi connectivity index (χ1v) is 12.1. The fourth-order valence-electron chi connectivity index (χ4n) is 7.16. The van der Waals surface area contributed by atoms with Crippen LogP contribution < -0.4 is 0 Å². The molecule has 3 saturated carbocycles. The van der Waals surface area contributed by atoms with Gasteiger partial charge in [0.25, 0.3) is 0 Å². The molecule has 0 aromatic heterocycles. The van der Waals surface area contributed by atoms with Crippen LogP contribution in [0.15, 0.2) is 47.1 Å². The Kier molecular flexibility index (Phi) is 5.93. The molecule has 7 atom stereocenters. The minimum atomic E-state index is -0.812. The van der Waals surface area contributed by atoms with Gasteiger partial charge in [0.05, 0.1) is 17.8 Å². The molecule has 3 nitrogen and oxygen atoms in total. The number of allylic oxidation sites excluding steroid dienone is 3. The third-order valence-electron chi connectivity index (χ3n) is 8.87. The van der Waals surface area contributed by atoms with E-state index in [1.165, 1.54) is 36.8 Å². The van der Waals surface area contributed by atoms with E-state index in [-0.39, 0.29) is 6.10 Å². The number of hydrogen-bond donors (Lipinski definition) is 3. The van der Waals surface area contributed by atoms with Gasteiger partial charge in [0, 0.05) is 12.8 Å². The van der Waals surface area contributed by atoms with Gasteiger partial charge >= 0.3 is 0 Å². The van der Waals surface area contributed by atoms with Gasteiger partial charge in [-0.2, -0.15) is 0 Å². The summed E-state index contributed by atoms with van der Waals surface area (Å²) in [5.41, 5.74) is 4.06. The van der Waals surface area contributed by atoms with Gasteiger partial charge in [0.15, 0.2) is 0 Å². The summed E-state index contributed by atoms with van der Waals surface area (Å²) in [6.07, 6.45) is 14.3. The lowest BCUT2D eigenvalue weighted by Gasteiger charge is -2.44. The van der Waals surface area contributed by atoms with Gasteiger partial charge in [-0.15, -0.1) is 0 Å². The Balaban J connectivity index is 1.55. The number of rotatable bonds is 5. The van der Waals surface area contributed by atoms with E-state index >= 15 is 0 Å². The van der Waals surface area contributed by atoms with Crippen molar-refractivity contribution in [1.82, 2.24) is 0 Å². The SMILES string of the molecule is C=C1/C(=C\C=C2\CCC[C@]3(C)[C@@H]([C@H](C)C4=CC4O)CC[C@@H]23)CC(O)(CCC)C[C@@H]1O. The summed E-state index contributed by atoms with van der Waals surface area (Å²) in [4.78, 5) is 0. The Morgan fingerprint density at radius 2 is 2.00 bits per heavy atom. The third kappa shape index (κ3) is 3.89. The highest BCUT2D eigenvalue weighted by Gasteiger charge is 2.52. The lowest BCUT2D eigenvalue weighted by atomic mass is 9.61. The van der Waals surface area contributed by atoms with Gasteiger partial charge in [-0.05, 0) is 84.5 Å². The quantitative estimate of drug-likeness (QED) is 0.542. The molecule has 0 radical (unpaired) electrons. The lowest BCUT2D eigenvalue weighted by molar-refractivity contribution is -0.0189. The molecule has 0 aromatic carbocycles. The van der Waals surface area contributed by atoms with Crippen LogP contribution in [0.3, 0.4) is 0 Å². The van der Waals surface area contributed by atoms with Crippen LogP contribution in [0.5, 0.6) is 0 Å². The molecule has 0 saturated heterocycles. The molecule has 0 aromatic rings. The summed E-state index contributed by atoms with van der Waals surface area (Å²) in [6.45, 7) is 11.0. The van der Waals surface area contributed by atoms with Gasteiger partial charge < -0.3 is 15.3 Å². The van der Waals surface area contributed by atoms with Gasteiger partial charge in [-0.25, -0.2) is 0 Å². The first-order chi connectivity index (χ1) is 14.2. The molecule has 0 aliphatic heterocycles. The molecule has 166 valence electrons. The largest absolute Gasteiger partial charge is 0.389 e. The van der Waals surface area contributed by atoms with Gasteiger partial charge in [-0.3, -0.25) is 0 Å². The molecule has 0 heterocycles. The van der Waals surface area contributed by atoms with Crippen molar-refractivity contribution in [2.45, 2.75) is 96.4 Å². The molecule has 4 aliphatic carbocycles. The minimum Gasteiger partial charge on any atom is -0.389 e. The van der Waals surface area contributed by atoms with Crippen molar-refractivity contribution in [3.63, 3.8) is 0 Å². The summed E-state index contributed by atoms with van der Waals surface area (Å²) in [5, 5.41) is 31.3. The van der Waals surface area contributed by atoms with E-state index in [1.54, 1.807) is 0 Å². The fourth-order valence-corrected chi connectivity index (χ4v) is 7.16. The van der Waals surface area contributed by atoms with E-state index in [9.17, 15) is 15.3 Å². The molecule has 3 fully saturated rings. The second-order valence-electron chi connectivity index (χ2n) is 10.8. The van der Waals surface area contributed by atoms with E-state index < -0.39 is 11.7 Å². The van der Waals surface area contributed by atoms with Crippen LogP contribution in [-0.2, 0) is 0 Å². The summed E-state index contributed by atoms with van der Waals surface area (Å²) >= 11 is 0. The Labute approximate surface area is 182 Å². The highest BCUT2D eigenvalue weighted by molar-refractivity contribution is 5.40. The fraction of sp³-hybridized carbons (Fsp3) is 0.704. The maximum absolute atomic E-state index is 10.9. The van der Waals surface area contributed by atoms with Crippen molar-refractivity contribution in [1.29, 1.82) is 0 Å². The van der Waals surface area contributed by atoms with E-state index in [0.717, 1.165) is 24.0 Å². The Hall–Kier alpha value is -1.16. The van der Waals surface area contributed by atoms with E-state index in [4.69, 9.17) is 0 Å². The van der Waals surface area contributed by atoms with E-state index in [0.29, 0.717) is 42.4 Å². The molecule has 4 rings (SSSR count). The maximum atomic E-state index is 10.9. The molecular weight excluding hydrogens is 372 g/mol. The lowest BCUT2D eigenvalue weighted by Crippen LogP contribution is -2.39. The predicted molar refractivity (Wildman–Crippen MR) is 122 cm³/mol. The second-order valence-corrected chi connectivity index (χ2v) is 10.8. The molecule has 3 heteroatoms. The Morgan fingerprint density at radius 1 is 1.27 bits per heavy atom. The molecule has 2 unspecified atom stereocenters. The van der Waals surface area contributed by atoms with Crippen molar-refractivity contribution >= 4 is 0 Å². The van der Waals surface area contributed by atoms with Crippen molar-refractivity contribution in [3.05, 3.63) is 47.1 Å². The third-order valence-corrected chi connectivity index (χ3v) is 8.87. The number of aliphatic hydroxyl groups excluding tert-OH is 2. The number of fused-ring (bicyclic) bond motifs is 1. The summed E-state index contributed by atoms with van der Waals surface area (Å²) < 4.78 is 0. The summed E-state index contributed by atoms with van der Waals surface area (Å²) in [6, 6.07) is 0. The predicted octanol–water partition coefficient (Wildman–Crippen LogP) is 5.23. The standard InChI is InChI=1S/C27H40O3/c1-5-12-27(30)15-20(17(2)25(29)16-27)9-8-19-7-6-13-26(4)22(10-11-23(19)26)18(3)21-14-24(21)28/h8-9,14,18,22-25,28-30H,2,5-7,10-13,15-16H2,1,3-4H3/b19-8-,20-9-/t18-,22-,23+,24?,25+,26-,27?/m1/s1. The van der Waals surface area contributed by atoms with Crippen LogP contribution in [0, 0.1) is 23.2 Å². The zero-order chi connectivity index (χ0) is 21.7. The highest BCUT2D eigenvalue weighted by atomic mass is 16.3. The first-order valence-electron chi connectivity index (χ1n) is 12.1. The zero-order valence-electron chi connectivity index (χ0n) is 19.0. The zero-order valence-corrected chi connectivity index (χ0v) is 19.0. The van der Waals surface area contributed by atoms with Crippen molar-refractivity contribution in [2.75, 3.05) is 0 Å². The minimum absolute atomic E-state index is 0.267. The van der Waals surface area contributed by atoms with Crippen LogP contribution in [-0.4, -0.2) is 33.1 Å². The molecule has 0 bridgehead atoms. The van der Waals surface area contributed by atoms with Crippen molar-refractivity contribution in [3.8, 4) is 0 Å². The highest BCUT2D eigenvalue weighted by Crippen LogP contribution is 2.61. The van der Waals surface area contributed by atoms with Crippen molar-refractivity contribution < 1.29 is 15.3 Å². The monoisotopic (exact) mass is 412 g/mol. The first kappa shape index (κ1) is 22.0. The van der Waals surface area contributed by atoms with Crippen LogP contribution in [0.25, 0.3) is 0 Å². The van der Waals surface area contributed by atoms with Crippen LogP contribution in [0.1, 0.15) is 78.6 Å². The maximum Gasteiger partial charge on any atom is 0.0939 e. The van der Waals surface area contributed by atoms with Gasteiger partial charge in [0.1, 0.15) is 0 Å². The number of aliphatic hydroxyl groups is 3. The summed E-state index contributed by atoms with van der Waals surface area (Å²) in [5.74, 6) is 1.72. The average molecular weight is 413 g/mol. The number of hydrogen-bond acceptors (Lipinski definition) is 3. The topological polar surface area (TPSA) is 60.7 Å². The molecule has 3 N–H and O–H groups in total. The van der Waals surface area contributed by atoms with Gasteiger partial charge in [-0.1, -0.05) is 51.5 Å². The van der Waals surface area contributed by atoms with Gasteiger partial charge in [0.2, 0.25) is 0 Å². The molecule has 4 aliphatic rings. The smallest absolute Gasteiger partial charge is 0.0939 e. The van der Waals surface area contributed by atoms with E-state index in [2.05, 4.69) is 39.5 Å². The average Bonchev–Trinajstić information content (AvgIpc) is 3.30. The molecule has 0 amide bonds. The Bertz CT molecular complexity index is 790. The normalized spacial score (nSPS) is 44.9. The van der Waals surface area contributed by atoms with E-state index in [1.807, 2.05) is 6.08 Å². The second kappa shape index (κ2) is 8.07. The van der Waals surface area contributed by atoms with Crippen LogP contribution in [0.2, 0.25) is 0 Å². The van der Waals surface area contributed by atoms with Crippen molar-refractivity contribution in [2.24, 2.45) is 23.2 Å². The Morgan fingerprint density at radius 3 is 2.67 bits per heavy atom. The van der Waals surface area contributed by atoms with Crippen LogP contribution in [0.4, 0.5) is 0 Å². The molecule has 30 heavy (non-hydrogen) atoms. The molecule has 0 spiro atoms. The summed E-state index contributed by atoms with van der Waals surface area (Å²) in [7, 11) is 0. The molecular formula is C27H40O3.